The summed E-state index contributed by atoms with van der Waals surface area (Å²) in [6.07, 6.45) is 18.3. The first-order valence-corrected chi connectivity index (χ1v) is 13.6. The van der Waals surface area contributed by atoms with Crippen LogP contribution in [0.4, 0.5) is 0 Å². The van der Waals surface area contributed by atoms with Gasteiger partial charge in [-0.05, 0) is 116 Å². The van der Waals surface area contributed by atoms with Gasteiger partial charge in [0.2, 0.25) is 0 Å². The van der Waals surface area contributed by atoms with Gasteiger partial charge in [-0.1, -0.05) is 60.6 Å². The zero-order valence-electron chi connectivity index (χ0n) is 21.3. The molecule has 4 saturated carbocycles. The van der Waals surface area contributed by atoms with Crippen LogP contribution in [0.3, 0.4) is 0 Å². The van der Waals surface area contributed by atoms with Crippen LogP contribution >= 0.6 is 0 Å². The molecule has 0 heterocycles. The summed E-state index contributed by atoms with van der Waals surface area (Å²) in [7, 11) is 0. The lowest BCUT2D eigenvalue weighted by Gasteiger charge is -2.61. The minimum Gasteiger partial charge on any atom is -0.393 e. The summed E-state index contributed by atoms with van der Waals surface area (Å²) < 4.78 is 0. The lowest BCUT2D eigenvalue weighted by molar-refractivity contribution is -0.128. The lowest BCUT2D eigenvalue weighted by atomic mass is 9.44. The molecule has 174 valence electrons. The van der Waals surface area contributed by atoms with Crippen LogP contribution in [0, 0.1) is 52.3 Å². The summed E-state index contributed by atoms with van der Waals surface area (Å²) >= 11 is 0. The summed E-state index contributed by atoms with van der Waals surface area (Å²) in [5.74, 6) is 6.05. The van der Waals surface area contributed by atoms with Gasteiger partial charge < -0.3 is 5.11 Å². The highest BCUT2D eigenvalue weighted by molar-refractivity contribution is 5.11. The van der Waals surface area contributed by atoms with Crippen LogP contribution in [-0.4, -0.2) is 11.2 Å². The van der Waals surface area contributed by atoms with Gasteiger partial charge in [-0.2, -0.15) is 0 Å². The summed E-state index contributed by atoms with van der Waals surface area (Å²) in [4.78, 5) is 0. The van der Waals surface area contributed by atoms with Gasteiger partial charge in [-0.3, -0.25) is 0 Å². The first-order valence-electron chi connectivity index (χ1n) is 13.6. The van der Waals surface area contributed by atoms with E-state index in [1.54, 1.807) is 0 Å². The molecular formula is C29H52O. The van der Waals surface area contributed by atoms with Crippen molar-refractivity contribution in [3.63, 3.8) is 0 Å². The second kappa shape index (κ2) is 9.68. The van der Waals surface area contributed by atoms with E-state index < -0.39 is 0 Å². The van der Waals surface area contributed by atoms with E-state index in [4.69, 9.17) is 0 Å². The first-order chi connectivity index (χ1) is 14.3. The molecule has 0 spiro atoms. The van der Waals surface area contributed by atoms with Crippen LogP contribution in [-0.2, 0) is 0 Å². The fourth-order valence-corrected chi connectivity index (χ4v) is 8.84. The summed E-state index contributed by atoms with van der Waals surface area (Å²) in [5, 5.41) is 10.2. The quantitative estimate of drug-likeness (QED) is 0.457. The highest BCUT2D eigenvalue weighted by atomic mass is 16.3. The maximum atomic E-state index is 10.2. The number of hydrogen-bond acceptors (Lipinski definition) is 1. The Morgan fingerprint density at radius 1 is 0.867 bits per heavy atom. The van der Waals surface area contributed by atoms with Crippen LogP contribution in [0.15, 0.2) is 12.2 Å². The molecule has 0 aromatic rings. The van der Waals surface area contributed by atoms with Crippen molar-refractivity contribution in [2.24, 2.45) is 52.3 Å². The van der Waals surface area contributed by atoms with Gasteiger partial charge >= 0.3 is 0 Å². The van der Waals surface area contributed by atoms with Gasteiger partial charge in [-0.25, -0.2) is 0 Å². The fourth-order valence-electron chi connectivity index (χ4n) is 8.84. The molecule has 0 saturated heterocycles. The van der Waals surface area contributed by atoms with Crippen LogP contribution in [0.1, 0.15) is 113 Å². The van der Waals surface area contributed by atoms with Gasteiger partial charge in [0.1, 0.15) is 0 Å². The number of rotatable bonds is 4. The standard InChI is InChI=1S/C27H46O.C2H6/c1-18(2)7-6-8-19(3)23-11-12-24-22-10-9-20-17-21(28)13-15-26(20,4)25(22)14-16-27(23,24)5;1-2/h6,8,18-25,28H,7,9-17H2,1-5H3;1-2H3/b8-6+;/t19-,20+,21+,22+,23-,24+,25+,26+,27-;/m1./s1. The molecule has 1 N–H and O–H groups in total. The molecule has 0 aromatic heterocycles. The molecule has 0 radical (unpaired) electrons. The molecule has 4 aliphatic carbocycles. The third kappa shape index (κ3) is 4.31. The molecule has 4 rings (SSSR count). The first kappa shape index (κ1) is 24.3. The Morgan fingerprint density at radius 2 is 1.53 bits per heavy atom. The highest BCUT2D eigenvalue weighted by Gasteiger charge is 2.60. The Bertz CT molecular complexity index is 579. The normalized spacial score (nSPS) is 46.6. The third-order valence-electron chi connectivity index (χ3n) is 10.4. The topological polar surface area (TPSA) is 20.2 Å². The minimum atomic E-state index is -0.0159. The van der Waals surface area contributed by atoms with Gasteiger partial charge in [-0.15, -0.1) is 0 Å². The average molecular weight is 417 g/mol. The van der Waals surface area contributed by atoms with Crippen molar-refractivity contribution in [1.29, 1.82) is 0 Å². The zero-order valence-corrected chi connectivity index (χ0v) is 21.3. The SMILES string of the molecule is CC.CC(C)C/C=C/[C@@H](C)[C@H]1CC[C@H]2[C@@H]3CC[C@H]4C[C@@H](O)CC[C@]4(C)[C@H]3CC[C@]12C. The maximum Gasteiger partial charge on any atom is 0.0543 e. The van der Waals surface area contributed by atoms with Crippen molar-refractivity contribution >= 4 is 0 Å². The van der Waals surface area contributed by atoms with Crippen LogP contribution in [0.25, 0.3) is 0 Å². The van der Waals surface area contributed by atoms with E-state index in [0.29, 0.717) is 10.8 Å². The van der Waals surface area contributed by atoms with E-state index >= 15 is 0 Å². The van der Waals surface area contributed by atoms with Crippen molar-refractivity contribution < 1.29 is 5.11 Å². The monoisotopic (exact) mass is 416 g/mol. The van der Waals surface area contributed by atoms with Crippen molar-refractivity contribution in [3.05, 3.63) is 12.2 Å². The molecule has 4 aliphatic rings. The molecule has 9 atom stereocenters. The van der Waals surface area contributed by atoms with Crippen LogP contribution < -0.4 is 0 Å². The number of allylic oxidation sites excluding steroid dienone is 2. The molecule has 1 nitrogen and oxygen atoms in total. The Labute approximate surface area is 188 Å². The number of fused-ring (bicyclic) bond motifs is 5. The van der Waals surface area contributed by atoms with Crippen molar-refractivity contribution in [2.45, 2.75) is 119 Å². The summed E-state index contributed by atoms with van der Waals surface area (Å²) in [5.41, 5.74) is 1.09. The zero-order chi connectivity index (χ0) is 22.1. The molecule has 0 bridgehead atoms. The fraction of sp³-hybridized carbons (Fsp3) is 0.931. The van der Waals surface area contributed by atoms with Gasteiger partial charge in [0.25, 0.3) is 0 Å². The molecule has 4 fully saturated rings. The highest BCUT2D eigenvalue weighted by Crippen LogP contribution is 2.68. The van der Waals surface area contributed by atoms with Gasteiger partial charge in [0.05, 0.1) is 6.10 Å². The summed E-state index contributed by atoms with van der Waals surface area (Å²) in [6.45, 7) is 16.4. The predicted octanol–water partition coefficient (Wildman–Crippen LogP) is 8.27. The van der Waals surface area contributed by atoms with Crippen molar-refractivity contribution in [3.8, 4) is 0 Å². The average Bonchev–Trinajstić information content (AvgIpc) is 3.07. The number of aliphatic hydroxyl groups is 1. The molecule has 0 amide bonds. The van der Waals surface area contributed by atoms with E-state index in [1.807, 2.05) is 13.8 Å². The Balaban J connectivity index is 0.00000124. The second-order valence-corrected chi connectivity index (χ2v) is 12.2. The van der Waals surface area contributed by atoms with E-state index in [1.165, 1.54) is 51.4 Å². The third-order valence-corrected chi connectivity index (χ3v) is 10.4. The molecule has 30 heavy (non-hydrogen) atoms. The van der Waals surface area contributed by atoms with Gasteiger partial charge in [0, 0.05) is 0 Å². The van der Waals surface area contributed by atoms with Crippen molar-refractivity contribution in [1.82, 2.24) is 0 Å². The van der Waals surface area contributed by atoms with Crippen LogP contribution in [0.5, 0.6) is 0 Å². The van der Waals surface area contributed by atoms with Gasteiger partial charge in [0.15, 0.2) is 0 Å². The Kier molecular flexibility index (Phi) is 7.85. The molecule has 0 unspecified atom stereocenters. The molecule has 1 heteroatoms. The largest absolute Gasteiger partial charge is 0.393 e. The minimum absolute atomic E-state index is 0.0159. The van der Waals surface area contributed by atoms with Crippen molar-refractivity contribution in [2.75, 3.05) is 0 Å². The Hall–Kier alpha value is -0.300. The second-order valence-electron chi connectivity index (χ2n) is 12.2. The van der Waals surface area contributed by atoms with E-state index in [0.717, 1.165) is 54.3 Å². The van der Waals surface area contributed by atoms with E-state index in [-0.39, 0.29) is 6.10 Å². The smallest absolute Gasteiger partial charge is 0.0543 e. The number of aliphatic hydroxyl groups excluding tert-OH is 1. The molecule has 0 aromatic carbocycles. The molecule has 0 aliphatic heterocycles. The van der Waals surface area contributed by atoms with E-state index in [2.05, 4.69) is 46.8 Å². The molecular weight excluding hydrogens is 364 g/mol. The van der Waals surface area contributed by atoms with Crippen LogP contribution in [0.2, 0.25) is 0 Å². The number of hydrogen-bond donors (Lipinski definition) is 1. The lowest BCUT2D eigenvalue weighted by Crippen LogP contribution is -2.54. The van der Waals surface area contributed by atoms with E-state index in [9.17, 15) is 5.11 Å². The predicted molar refractivity (Wildman–Crippen MR) is 130 cm³/mol. The Morgan fingerprint density at radius 3 is 2.23 bits per heavy atom. The summed E-state index contributed by atoms with van der Waals surface area (Å²) in [6, 6.07) is 0. The maximum absolute atomic E-state index is 10.2.